The molecule has 5 nitrogen and oxygen atoms in total. The number of hydrogen-bond acceptors (Lipinski definition) is 3. The van der Waals surface area contributed by atoms with Gasteiger partial charge in [-0.2, -0.15) is 0 Å². The summed E-state index contributed by atoms with van der Waals surface area (Å²) in [4.78, 5) is 24.8. The molecule has 0 aliphatic rings. The normalized spacial score (nSPS) is 10.1. The smallest absolute Gasteiger partial charge is 0.257 e. The predicted octanol–water partition coefficient (Wildman–Crippen LogP) is 4.64. The van der Waals surface area contributed by atoms with E-state index in [2.05, 4.69) is 16.0 Å². The first-order valence-electron chi connectivity index (χ1n) is 8.36. The Balaban J connectivity index is 1.63. The van der Waals surface area contributed by atoms with Crippen LogP contribution in [0.3, 0.4) is 0 Å². The number of carbonyl (C=O) groups is 2. The van der Waals surface area contributed by atoms with Gasteiger partial charge in [0.05, 0.1) is 17.8 Å². The second kappa shape index (κ2) is 8.87. The standard InChI is InChI=1S/C21H18ClN3O2/c22-15-10-12-16(13-11-15)23-14-20(26)25-19-9-5-4-8-18(19)21(27)24-17-6-2-1-3-7-17/h1-13,23H,14H2,(H,24,27)(H,25,26). The highest BCUT2D eigenvalue weighted by atomic mass is 35.5. The van der Waals surface area contributed by atoms with Crippen LogP contribution in [-0.4, -0.2) is 18.4 Å². The Morgan fingerprint density at radius 2 is 1.41 bits per heavy atom. The van der Waals surface area contributed by atoms with Crippen molar-refractivity contribution in [1.29, 1.82) is 0 Å². The quantitative estimate of drug-likeness (QED) is 0.584. The van der Waals surface area contributed by atoms with Crippen LogP contribution in [0.25, 0.3) is 0 Å². The van der Waals surface area contributed by atoms with E-state index in [9.17, 15) is 9.59 Å². The SMILES string of the molecule is O=C(CNc1ccc(Cl)cc1)Nc1ccccc1C(=O)Nc1ccccc1. The molecule has 0 aromatic heterocycles. The highest BCUT2D eigenvalue weighted by Crippen LogP contribution is 2.18. The maximum absolute atomic E-state index is 12.5. The van der Waals surface area contributed by atoms with E-state index in [-0.39, 0.29) is 18.4 Å². The zero-order chi connectivity index (χ0) is 19.1. The number of nitrogens with one attached hydrogen (secondary N) is 3. The van der Waals surface area contributed by atoms with Gasteiger partial charge in [-0.1, -0.05) is 41.9 Å². The van der Waals surface area contributed by atoms with Gasteiger partial charge in [0.1, 0.15) is 0 Å². The van der Waals surface area contributed by atoms with Crippen molar-refractivity contribution in [3.8, 4) is 0 Å². The average Bonchev–Trinajstić information content (AvgIpc) is 2.69. The van der Waals surface area contributed by atoms with Crippen molar-refractivity contribution in [2.45, 2.75) is 0 Å². The summed E-state index contributed by atoms with van der Waals surface area (Å²) in [5, 5.41) is 9.22. The van der Waals surface area contributed by atoms with Crippen molar-refractivity contribution >= 4 is 40.5 Å². The molecule has 3 N–H and O–H groups in total. The van der Waals surface area contributed by atoms with Crippen molar-refractivity contribution in [3.05, 3.63) is 89.4 Å². The molecule has 0 heterocycles. The molecule has 0 radical (unpaired) electrons. The summed E-state index contributed by atoms with van der Waals surface area (Å²) in [7, 11) is 0. The minimum atomic E-state index is -0.289. The molecule has 27 heavy (non-hydrogen) atoms. The van der Waals surface area contributed by atoms with Crippen molar-refractivity contribution in [3.63, 3.8) is 0 Å². The van der Waals surface area contributed by atoms with E-state index in [0.717, 1.165) is 5.69 Å². The number of amides is 2. The molecule has 0 saturated carbocycles. The lowest BCUT2D eigenvalue weighted by Gasteiger charge is -2.12. The summed E-state index contributed by atoms with van der Waals surface area (Å²) in [5.74, 6) is -0.548. The lowest BCUT2D eigenvalue weighted by atomic mass is 10.1. The van der Waals surface area contributed by atoms with Crippen LogP contribution in [0, 0.1) is 0 Å². The molecule has 136 valence electrons. The van der Waals surface area contributed by atoms with Gasteiger partial charge in [-0.3, -0.25) is 9.59 Å². The van der Waals surface area contributed by atoms with E-state index in [1.807, 2.05) is 18.2 Å². The van der Waals surface area contributed by atoms with Gasteiger partial charge in [0.15, 0.2) is 0 Å². The van der Waals surface area contributed by atoms with Crippen molar-refractivity contribution in [2.75, 3.05) is 22.5 Å². The number of carbonyl (C=O) groups excluding carboxylic acids is 2. The van der Waals surface area contributed by atoms with E-state index in [1.165, 1.54) is 0 Å². The minimum absolute atomic E-state index is 0.0657. The number of halogens is 1. The molecule has 0 aliphatic heterocycles. The predicted molar refractivity (Wildman–Crippen MR) is 109 cm³/mol. The molecule has 0 aliphatic carbocycles. The third kappa shape index (κ3) is 5.33. The largest absolute Gasteiger partial charge is 0.376 e. The highest BCUT2D eigenvalue weighted by Gasteiger charge is 2.13. The molecule has 3 aromatic rings. The van der Waals surface area contributed by atoms with E-state index in [0.29, 0.717) is 22.0 Å². The maximum Gasteiger partial charge on any atom is 0.257 e. The first-order valence-corrected chi connectivity index (χ1v) is 8.74. The monoisotopic (exact) mass is 379 g/mol. The maximum atomic E-state index is 12.5. The van der Waals surface area contributed by atoms with Crippen LogP contribution in [-0.2, 0) is 4.79 Å². The third-order valence-corrected chi connectivity index (χ3v) is 4.03. The Labute approximate surface area is 162 Å². The summed E-state index contributed by atoms with van der Waals surface area (Å²) in [6, 6.07) is 23.1. The molecule has 3 rings (SSSR count). The second-order valence-corrected chi connectivity index (χ2v) is 6.21. The van der Waals surface area contributed by atoms with Crippen molar-refractivity contribution in [1.82, 2.24) is 0 Å². The molecule has 6 heteroatoms. The van der Waals surface area contributed by atoms with Gasteiger partial charge in [-0.25, -0.2) is 0 Å². The van der Waals surface area contributed by atoms with Gasteiger partial charge in [-0.05, 0) is 48.5 Å². The fourth-order valence-electron chi connectivity index (χ4n) is 2.45. The van der Waals surface area contributed by atoms with Crippen LogP contribution in [0.5, 0.6) is 0 Å². The molecule has 0 fully saturated rings. The Bertz CT molecular complexity index is 928. The molecular formula is C21H18ClN3O2. The summed E-state index contributed by atoms with van der Waals surface area (Å²) >= 11 is 5.84. The van der Waals surface area contributed by atoms with Crippen LogP contribution in [0.15, 0.2) is 78.9 Å². The van der Waals surface area contributed by atoms with Crippen LogP contribution in [0.1, 0.15) is 10.4 Å². The zero-order valence-corrected chi connectivity index (χ0v) is 15.2. The Hall–Kier alpha value is -3.31. The van der Waals surface area contributed by atoms with E-state index in [4.69, 9.17) is 11.6 Å². The van der Waals surface area contributed by atoms with Crippen LogP contribution < -0.4 is 16.0 Å². The Morgan fingerprint density at radius 3 is 2.15 bits per heavy atom. The van der Waals surface area contributed by atoms with Gasteiger partial charge in [0.25, 0.3) is 5.91 Å². The lowest BCUT2D eigenvalue weighted by Crippen LogP contribution is -2.23. The fraction of sp³-hybridized carbons (Fsp3) is 0.0476. The Morgan fingerprint density at radius 1 is 0.741 bits per heavy atom. The molecule has 2 amide bonds. The number of anilines is 3. The molecule has 0 unspecified atom stereocenters. The molecule has 0 saturated heterocycles. The highest BCUT2D eigenvalue weighted by molar-refractivity contribution is 6.30. The molecule has 0 bridgehead atoms. The number of hydrogen-bond donors (Lipinski definition) is 3. The van der Waals surface area contributed by atoms with E-state index < -0.39 is 0 Å². The van der Waals surface area contributed by atoms with Gasteiger partial charge in [0, 0.05) is 16.4 Å². The summed E-state index contributed by atoms with van der Waals surface area (Å²) in [6.45, 7) is 0.0657. The van der Waals surface area contributed by atoms with Crippen LogP contribution in [0.2, 0.25) is 5.02 Å². The van der Waals surface area contributed by atoms with Gasteiger partial charge >= 0.3 is 0 Å². The minimum Gasteiger partial charge on any atom is -0.376 e. The van der Waals surface area contributed by atoms with Crippen molar-refractivity contribution in [2.24, 2.45) is 0 Å². The number of benzene rings is 3. The first kappa shape index (κ1) is 18.5. The van der Waals surface area contributed by atoms with Gasteiger partial charge in [-0.15, -0.1) is 0 Å². The molecular weight excluding hydrogens is 362 g/mol. The fourth-order valence-corrected chi connectivity index (χ4v) is 2.58. The van der Waals surface area contributed by atoms with Gasteiger partial charge in [0.2, 0.25) is 5.91 Å². The Kier molecular flexibility index (Phi) is 6.07. The van der Waals surface area contributed by atoms with E-state index >= 15 is 0 Å². The number of para-hydroxylation sites is 2. The first-order chi connectivity index (χ1) is 13.1. The topological polar surface area (TPSA) is 70.2 Å². The van der Waals surface area contributed by atoms with Gasteiger partial charge < -0.3 is 16.0 Å². The summed E-state index contributed by atoms with van der Waals surface area (Å²) < 4.78 is 0. The zero-order valence-electron chi connectivity index (χ0n) is 14.4. The number of rotatable bonds is 6. The summed E-state index contributed by atoms with van der Waals surface area (Å²) in [6.07, 6.45) is 0. The third-order valence-electron chi connectivity index (χ3n) is 3.77. The molecule has 0 spiro atoms. The molecule has 3 aromatic carbocycles. The van der Waals surface area contributed by atoms with Crippen molar-refractivity contribution < 1.29 is 9.59 Å². The lowest BCUT2D eigenvalue weighted by molar-refractivity contribution is -0.114. The van der Waals surface area contributed by atoms with E-state index in [1.54, 1.807) is 60.7 Å². The summed E-state index contributed by atoms with van der Waals surface area (Å²) in [5.41, 5.74) is 2.31. The second-order valence-electron chi connectivity index (χ2n) is 5.77. The van der Waals surface area contributed by atoms with Crippen LogP contribution >= 0.6 is 11.6 Å². The molecule has 0 atom stereocenters. The average molecular weight is 380 g/mol. The van der Waals surface area contributed by atoms with Crippen LogP contribution in [0.4, 0.5) is 17.1 Å².